The van der Waals surface area contributed by atoms with Crippen molar-refractivity contribution < 1.29 is 13.2 Å². The normalized spacial score (nSPS) is 11.7. The quantitative estimate of drug-likeness (QED) is 0.786. The van der Waals surface area contributed by atoms with Gasteiger partial charge >= 0.3 is 6.18 Å². The van der Waals surface area contributed by atoms with Crippen LogP contribution in [0.15, 0.2) is 30.5 Å². The highest BCUT2D eigenvalue weighted by Crippen LogP contribution is 2.32. The number of halogens is 3. The number of pyridine rings is 1. The third kappa shape index (κ3) is 2.00. The third-order valence-electron chi connectivity index (χ3n) is 2.05. The van der Waals surface area contributed by atoms with E-state index in [9.17, 15) is 13.2 Å². The van der Waals surface area contributed by atoms with Gasteiger partial charge in [0.25, 0.3) is 0 Å². The number of hydrogen-bond donors (Lipinski definition) is 2. The molecule has 84 valence electrons. The highest BCUT2D eigenvalue weighted by molar-refractivity contribution is 5.58. The predicted molar refractivity (Wildman–Crippen MR) is 53.4 cm³/mol. The van der Waals surface area contributed by atoms with E-state index in [0.717, 1.165) is 12.1 Å². The first-order chi connectivity index (χ1) is 7.47. The average molecular weight is 227 g/mol. The number of H-pyrrole nitrogens is 1. The van der Waals surface area contributed by atoms with Crippen molar-refractivity contribution in [1.29, 1.82) is 0 Å². The van der Waals surface area contributed by atoms with E-state index in [2.05, 4.69) is 9.97 Å². The molecule has 0 spiro atoms. The summed E-state index contributed by atoms with van der Waals surface area (Å²) in [5.41, 5.74) is 5.21. The van der Waals surface area contributed by atoms with E-state index >= 15 is 0 Å². The maximum atomic E-state index is 12.5. The van der Waals surface area contributed by atoms with Crippen molar-refractivity contribution in [2.45, 2.75) is 6.18 Å². The Morgan fingerprint density at radius 2 is 2.00 bits per heavy atom. The fourth-order valence-corrected chi connectivity index (χ4v) is 1.34. The molecule has 6 heteroatoms. The molecule has 0 aliphatic carbocycles. The molecule has 3 nitrogen and oxygen atoms in total. The van der Waals surface area contributed by atoms with E-state index < -0.39 is 11.7 Å². The minimum absolute atomic E-state index is 0.153. The first-order valence-electron chi connectivity index (χ1n) is 4.45. The zero-order valence-corrected chi connectivity index (χ0v) is 8.05. The summed E-state index contributed by atoms with van der Waals surface area (Å²) in [6, 6.07) is 5.07. The number of aromatic nitrogens is 2. The lowest BCUT2D eigenvalue weighted by Crippen LogP contribution is -2.07. The lowest BCUT2D eigenvalue weighted by molar-refractivity contribution is -0.137. The fraction of sp³-hybridized carbons (Fsp3) is 0.100. The number of alkyl halides is 3. The lowest BCUT2D eigenvalue weighted by atomic mass is 10.2. The molecule has 2 heterocycles. The van der Waals surface area contributed by atoms with E-state index in [1.165, 1.54) is 0 Å². The molecule has 0 unspecified atom stereocenters. The van der Waals surface area contributed by atoms with Crippen LogP contribution in [0.5, 0.6) is 0 Å². The maximum absolute atomic E-state index is 12.5. The van der Waals surface area contributed by atoms with Crippen LogP contribution in [-0.4, -0.2) is 9.97 Å². The summed E-state index contributed by atoms with van der Waals surface area (Å²) in [7, 11) is 0. The van der Waals surface area contributed by atoms with Gasteiger partial charge in [-0.2, -0.15) is 13.2 Å². The van der Waals surface area contributed by atoms with Crippen molar-refractivity contribution >= 4 is 5.82 Å². The van der Waals surface area contributed by atoms with Crippen LogP contribution in [0.25, 0.3) is 11.4 Å². The molecule has 0 radical (unpaired) electrons. The standard InChI is InChI=1S/C10H8F3N3/c11-10(12,13)6-4-8(16-9(14)5-6)7-2-1-3-15-7/h1-5,15H,(H2,14,16). The van der Waals surface area contributed by atoms with Gasteiger partial charge in [0.05, 0.1) is 17.0 Å². The van der Waals surface area contributed by atoms with Gasteiger partial charge in [0, 0.05) is 6.20 Å². The zero-order valence-electron chi connectivity index (χ0n) is 8.05. The molecular formula is C10H8F3N3. The van der Waals surface area contributed by atoms with E-state index in [-0.39, 0.29) is 11.5 Å². The minimum atomic E-state index is -4.42. The SMILES string of the molecule is Nc1cc(C(F)(F)F)cc(-c2ccc[nH]2)n1. The summed E-state index contributed by atoms with van der Waals surface area (Å²) in [6.45, 7) is 0. The van der Waals surface area contributed by atoms with Crippen LogP contribution in [-0.2, 0) is 6.18 Å². The van der Waals surface area contributed by atoms with E-state index in [4.69, 9.17) is 5.73 Å². The minimum Gasteiger partial charge on any atom is -0.384 e. The molecule has 0 saturated heterocycles. The monoisotopic (exact) mass is 227 g/mol. The molecule has 0 aromatic carbocycles. The van der Waals surface area contributed by atoms with Crippen LogP contribution in [0, 0.1) is 0 Å². The summed E-state index contributed by atoms with van der Waals surface area (Å²) in [5.74, 6) is -0.153. The smallest absolute Gasteiger partial charge is 0.384 e. The number of nitrogens with zero attached hydrogens (tertiary/aromatic N) is 1. The molecule has 2 rings (SSSR count). The summed E-state index contributed by atoms with van der Waals surface area (Å²) in [5, 5.41) is 0. The zero-order chi connectivity index (χ0) is 11.8. The van der Waals surface area contributed by atoms with Crippen LogP contribution in [0.2, 0.25) is 0 Å². The second-order valence-corrected chi connectivity index (χ2v) is 3.25. The van der Waals surface area contributed by atoms with Crippen molar-refractivity contribution in [3.05, 3.63) is 36.0 Å². The number of hydrogen-bond acceptors (Lipinski definition) is 2. The molecule has 0 fully saturated rings. The van der Waals surface area contributed by atoms with Crippen LogP contribution in [0.3, 0.4) is 0 Å². The molecule has 3 N–H and O–H groups in total. The Bertz CT molecular complexity index is 489. The van der Waals surface area contributed by atoms with Crippen molar-refractivity contribution in [3.63, 3.8) is 0 Å². The van der Waals surface area contributed by atoms with E-state index in [1.54, 1.807) is 18.3 Å². The van der Waals surface area contributed by atoms with Gasteiger partial charge in [0.15, 0.2) is 0 Å². The van der Waals surface area contributed by atoms with Gasteiger partial charge in [-0.3, -0.25) is 0 Å². The van der Waals surface area contributed by atoms with Crippen molar-refractivity contribution in [3.8, 4) is 11.4 Å². The Balaban J connectivity index is 2.53. The van der Waals surface area contributed by atoms with Gasteiger partial charge in [-0.25, -0.2) is 4.98 Å². The van der Waals surface area contributed by atoms with E-state index in [0.29, 0.717) is 5.69 Å². The molecule has 0 aliphatic heterocycles. The second-order valence-electron chi connectivity index (χ2n) is 3.25. The lowest BCUT2D eigenvalue weighted by Gasteiger charge is -2.08. The van der Waals surface area contributed by atoms with Crippen molar-refractivity contribution in [2.24, 2.45) is 0 Å². The number of nitrogen functional groups attached to an aromatic ring is 1. The highest BCUT2D eigenvalue weighted by atomic mass is 19.4. The molecule has 16 heavy (non-hydrogen) atoms. The Hall–Kier alpha value is -1.98. The molecular weight excluding hydrogens is 219 g/mol. The third-order valence-corrected chi connectivity index (χ3v) is 2.05. The van der Waals surface area contributed by atoms with Crippen molar-refractivity contribution in [2.75, 3.05) is 5.73 Å². The van der Waals surface area contributed by atoms with Gasteiger partial charge in [0.1, 0.15) is 5.82 Å². The molecule has 0 saturated carbocycles. The summed E-state index contributed by atoms with van der Waals surface area (Å²) < 4.78 is 37.5. The van der Waals surface area contributed by atoms with E-state index in [1.807, 2.05) is 0 Å². The van der Waals surface area contributed by atoms with Crippen molar-refractivity contribution in [1.82, 2.24) is 9.97 Å². The number of nitrogens with one attached hydrogen (secondary N) is 1. The highest BCUT2D eigenvalue weighted by Gasteiger charge is 2.31. The Labute approximate surface area is 89.1 Å². The molecule has 0 bridgehead atoms. The van der Waals surface area contributed by atoms with Crippen LogP contribution >= 0.6 is 0 Å². The predicted octanol–water partition coefficient (Wildman–Crippen LogP) is 2.68. The number of aromatic amines is 1. The number of anilines is 1. The van der Waals surface area contributed by atoms with Crippen LogP contribution < -0.4 is 5.73 Å². The number of rotatable bonds is 1. The van der Waals surface area contributed by atoms with Gasteiger partial charge in [-0.1, -0.05) is 0 Å². The molecule has 2 aromatic heterocycles. The molecule has 0 aliphatic rings. The van der Waals surface area contributed by atoms with Gasteiger partial charge < -0.3 is 10.7 Å². The Kier molecular flexibility index (Phi) is 2.34. The molecule has 0 amide bonds. The average Bonchev–Trinajstić information content (AvgIpc) is 2.68. The Morgan fingerprint density at radius 3 is 2.56 bits per heavy atom. The topological polar surface area (TPSA) is 54.7 Å². The number of nitrogens with two attached hydrogens (primary N) is 1. The largest absolute Gasteiger partial charge is 0.416 e. The first kappa shape index (κ1) is 10.5. The summed E-state index contributed by atoms with van der Waals surface area (Å²) >= 11 is 0. The van der Waals surface area contributed by atoms with Crippen LogP contribution in [0.1, 0.15) is 5.56 Å². The van der Waals surface area contributed by atoms with Crippen LogP contribution in [0.4, 0.5) is 19.0 Å². The summed E-state index contributed by atoms with van der Waals surface area (Å²) in [4.78, 5) is 6.61. The first-order valence-corrected chi connectivity index (χ1v) is 4.45. The molecule has 0 atom stereocenters. The molecule has 2 aromatic rings. The Morgan fingerprint density at radius 1 is 1.25 bits per heavy atom. The maximum Gasteiger partial charge on any atom is 0.416 e. The fourth-order valence-electron chi connectivity index (χ4n) is 1.34. The van der Waals surface area contributed by atoms with Gasteiger partial charge in [0.2, 0.25) is 0 Å². The van der Waals surface area contributed by atoms with Gasteiger partial charge in [-0.15, -0.1) is 0 Å². The summed E-state index contributed by atoms with van der Waals surface area (Å²) in [6.07, 6.45) is -2.81. The second kappa shape index (κ2) is 3.55. The van der Waals surface area contributed by atoms with Gasteiger partial charge in [-0.05, 0) is 24.3 Å².